The van der Waals surface area contributed by atoms with Gasteiger partial charge in [-0.2, -0.15) is 0 Å². The molecule has 0 aromatic heterocycles. The summed E-state index contributed by atoms with van der Waals surface area (Å²) in [4.78, 5) is 12.7. The van der Waals surface area contributed by atoms with Crippen molar-refractivity contribution in [3.8, 4) is 0 Å². The minimum Gasteiger partial charge on any atom is -0.392 e. The second-order valence-electron chi connectivity index (χ2n) is 6.66. The molecule has 1 fully saturated rings. The number of carbonyl (C=O) groups is 1. The standard InChI is InChI=1S/C19H21BrO2/c1-12-16-4-3-5-17(21)19(16,2)11-14(18(12)22)10-13-6-8-15(20)9-7-13/h6-10,17,21H,3-5,11H2,1-2H3/b14-10+/t17-,19-/m0/s1. The molecule has 0 aliphatic heterocycles. The van der Waals surface area contributed by atoms with Gasteiger partial charge in [0.1, 0.15) is 0 Å². The molecule has 0 heterocycles. The summed E-state index contributed by atoms with van der Waals surface area (Å²) in [6, 6.07) is 7.95. The molecule has 0 spiro atoms. The topological polar surface area (TPSA) is 37.3 Å². The maximum atomic E-state index is 12.7. The number of aliphatic hydroxyl groups excluding tert-OH is 1. The van der Waals surface area contributed by atoms with Crippen molar-refractivity contribution >= 4 is 27.8 Å². The van der Waals surface area contributed by atoms with Crippen LogP contribution in [0.15, 0.2) is 45.5 Å². The molecule has 3 rings (SSSR count). The molecule has 0 saturated heterocycles. The Morgan fingerprint density at radius 3 is 2.68 bits per heavy atom. The van der Waals surface area contributed by atoms with Crippen molar-refractivity contribution in [3.05, 3.63) is 51.0 Å². The number of aliphatic hydroxyl groups is 1. The Kier molecular flexibility index (Phi) is 4.13. The number of allylic oxidation sites excluding steroid dienone is 2. The molecule has 1 aromatic carbocycles. The maximum absolute atomic E-state index is 12.7. The van der Waals surface area contributed by atoms with Gasteiger partial charge in [-0.15, -0.1) is 0 Å². The van der Waals surface area contributed by atoms with Gasteiger partial charge in [-0.3, -0.25) is 4.79 Å². The highest BCUT2D eigenvalue weighted by molar-refractivity contribution is 9.10. The van der Waals surface area contributed by atoms with Crippen LogP contribution in [0.2, 0.25) is 0 Å². The van der Waals surface area contributed by atoms with Crippen LogP contribution in [0.5, 0.6) is 0 Å². The van der Waals surface area contributed by atoms with E-state index in [1.807, 2.05) is 37.3 Å². The van der Waals surface area contributed by atoms with Crippen molar-refractivity contribution in [2.75, 3.05) is 0 Å². The van der Waals surface area contributed by atoms with E-state index < -0.39 is 0 Å². The number of rotatable bonds is 1. The van der Waals surface area contributed by atoms with E-state index in [0.717, 1.165) is 40.4 Å². The highest BCUT2D eigenvalue weighted by atomic mass is 79.9. The quantitative estimate of drug-likeness (QED) is 0.738. The molecule has 1 saturated carbocycles. The number of fused-ring (bicyclic) bond motifs is 1. The van der Waals surface area contributed by atoms with Crippen LogP contribution in [0.25, 0.3) is 6.08 Å². The van der Waals surface area contributed by atoms with Crippen molar-refractivity contribution in [2.45, 2.75) is 45.6 Å². The molecule has 2 atom stereocenters. The number of hydrogen-bond donors (Lipinski definition) is 1. The Balaban J connectivity index is 2.03. The number of carbonyl (C=O) groups excluding carboxylic acids is 1. The van der Waals surface area contributed by atoms with E-state index in [-0.39, 0.29) is 17.3 Å². The summed E-state index contributed by atoms with van der Waals surface area (Å²) in [6.45, 7) is 4.03. The summed E-state index contributed by atoms with van der Waals surface area (Å²) >= 11 is 3.43. The second-order valence-corrected chi connectivity index (χ2v) is 7.57. The average molecular weight is 361 g/mol. The van der Waals surface area contributed by atoms with Crippen molar-refractivity contribution < 1.29 is 9.90 Å². The fourth-order valence-electron chi connectivity index (χ4n) is 3.85. The minimum absolute atomic E-state index is 0.143. The number of ketones is 1. The summed E-state index contributed by atoms with van der Waals surface area (Å²) in [7, 11) is 0. The third-order valence-electron chi connectivity index (χ3n) is 5.18. The van der Waals surface area contributed by atoms with E-state index in [2.05, 4.69) is 22.9 Å². The molecule has 22 heavy (non-hydrogen) atoms. The van der Waals surface area contributed by atoms with E-state index >= 15 is 0 Å². The lowest BCUT2D eigenvalue weighted by atomic mass is 9.61. The van der Waals surface area contributed by atoms with Crippen LogP contribution in [0.4, 0.5) is 0 Å². The van der Waals surface area contributed by atoms with E-state index in [4.69, 9.17) is 0 Å². The SMILES string of the molecule is CC1=C2CCC[C@H](O)[C@@]2(C)C/C(=C\c2ccc(Br)cc2)C1=O. The van der Waals surface area contributed by atoms with Crippen LogP contribution < -0.4 is 0 Å². The van der Waals surface area contributed by atoms with Crippen LogP contribution in [0, 0.1) is 5.41 Å². The van der Waals surface area contributed by atoms with Crippen molar-refractivity contribution in [2.24, 2.45) is 5.41 Å². The predicted molar refractivity (Wildman–Crippen MR) is 92.4 cm³/mol. The van der Waals surface area contributed by atoms with E-state index in [1.165, 1.54) is 5.57 Å². The van der Waals surface area contributed by atoms with Gasteiger partial charge in [-0.05, 0) is 62.0 Å². The smallest absolute Gasteiger partial charge is 0.184 e. The third-order valence-corrected chi connectivity index (χ3v) is 5.71. The van der Waals surface area contributed by atoms with Gasteiger partial charge in [0.05, 0.1) is 6.10 Å². The summed E-state index contributed by atoms with van der Waals surface area (Å²) in [6.07, 6.45) is 5.00. The number of halogens is 1. The number of benzene rings is 1. The fraction of sp³-hybridized carbons (Fsp3) is 0.421. The molecule has 116 valence electrons. The van der Waals surface area contributed by atoms with E-state index in [9.17, 15) is 9.90 Å². The lowest BCUT2D eigenvalue weighted by molar-refractivity contribution is -0.113. The molecular formula is C19H21BrO2. The Labute approximate surface area is 140 Å². The molecule has 1 aromatic rings. The van der Waals surface area contributed by atoms with Crippen LogP contribution in [-0.4, -0.2) is 17.0 Å². The number of Topliss-reactive ketones (excluding diaryl/α,β-unsaturated/α-hetero) is 1. The van der Waals surface area contributed by atoms with Gasteiger partial charge in [-0.25, -0.2) is 0 Å². The molecular weight excluding hydrogens is 340 g/mol. The van der Waals surface area contributed by atoms with Crippen molar-refractivity contribution in [1.29, 1.82) is 0 Å². The largest absolute Gasteiger partial charge is 0.392 e. The summed E-state index contributed by atoms with van der Waals surface area (Å²) in [5.74, 6) is 0.143. The fourth-order valence-corrected chi connectivity index (χ4v) is 4.11. The van der Waals surface area contributed by atoms with E-state index in [0.29, 0.717) is 6.42 Å². The van der Waals surface area contributed by atoms with E-state index in [1.54, 1.807) is 0 Å². The van der Waals surface area contributed by atoms with Crippen LogP contribution in [0.1, 0.15) is 45.1 Å². The molecule has 3 heteroatoms. The molecule has 0 radical (unpaired) electrons. The first-order valence-corrected chi connectivity index (χ1v) is 8.60. The Bertz CT molecular complexity index is 669. The van der Waals surface area contributed by atoms with Crippen molar-refractivity contribution in [1.82, 2.24) is 0 Å². The molecule has 2 aliphatic carbocycles. The first-order chi connectivity index (χ1) is 10.4. The van der Waals surface area contributed by atoms with Crippen LogP contribution in [-0.2, 0) is 4.79 Å². The third kappa shape index (κ3) is 2.61. The summed E-state index contributed by atoms with van der Waals surface area (Å²) in [5, 5.41) is 10.5. The Morgan fingerprint density at radius 1 is 1.32 bits per heavy atom. The lowest BCUT2D eigenvalue weighted by Gasteiger charge is -2.45. The highest BCUT2D eigenvalue weighted by Crippen LogP contribution is 2.50. The monoisotopic (exact) mass is 360 g/mol. The normalized spacial score (nSPS) is 30.6. The van der Waals surface area contributed by atoms with Crippen molar-refractivity contribution in [3.63, 3.8) is 0 Å². The van der Waals surface area contributed by atoms with Gasteiger partial charge >= 0.3 is 0 Å². The molecule has 0 bridgehead atoms. The zero-order valence-electron chi connectivity index (χ0n) is 13.0. The molecule has 0 unspecified atom stereocenters. The lowest BCUT2D eigenvalue weighted by Crippen LogP contribution is -2.42. The molecule has 0 amide bonds. The Morgan fingerprint density at radius 2 is 2.00 bits per heavy atom. The first kappa shape index (κ1) is 15.7. The predicted octanol–water partition coefficient (Wildman–Crippen LogP) is 4.67. The number of hydrogen-bond acceptors (Lipinski definition) is 2. The van der Waals surface area contributed by atoms with Gasteiger partial charge in [0.15, 0.2) is 5.78 Å². The summed E-state index contributed by atoms with van der Waals surface area (Å²) < 4.78 is 1.03. The van der Waals surface area contributed by atoms with Gasteiger partial charge in [0.25, 0.3) is 0 Å². The minimum atomic E-state index is -0.354. The molecule has 2 nitrogen and oxygen atoms in total. The first-order valence-electron chi connectivity index (χ1n) is 7.81. The van der Waals surface area contributed by atoms with Crippen LogP contribution >= 0.6 is 15.9 Å². The molecule has 1 N–H and O–H groups in total. The Hall–Kier alpha value is -1.19. The second kappa shape index (κ2) is 5.78. The summed E-state index contributed by atoms with van der Waals surface area (Å²) in [5.41, 5.74) is 3.57. The van der Waals surface area contributed by atoms with Gasteiger partial charge < -0.3 is 5.11 Å². The highest BCUT2D eigenvalue weighted by Gasteiger charge is 2.45. The van der Waals surface area contributed by atoms with Crippen LogP contribution in [0.3, 0.4) is 0 Å². The average Bonchev–Trinajstić information content (AvgIpc) is 2.49. The maximum Gasteiger partial charge on any atom is 0.184 e. The molecule has 2 aliphatic rings. The van der Waals surface area contributed by atoms with Gasteiger partial charge in [0, 0.05) is 15.5 Å². The zero-order chi connectivity index (χ0) is 15.9. The van der Waals surface area contributed by atoms with Gasteiger partial charge in [0.2, 0.25) is 0 Å². The zero-order valence-corrected chi connectivity index (χ0v) is 14.6. The van der Waals surface area contributed by atoms with Gasteiger partial charge in [-0.1, -0.05) is 40.6 Å².